The Kier molecular flexibility index (Phi) is 4.53. The van der Waals surface area contributed by atoms with Crippen molar-refractivity contribution >= 4 is 5.91 Å². The van der Waals surface area contributed by atoms with Gasteiger partial charge in [0, 0.05) is 13.1 Å². The molecule has 2 unspecified atom stereocenters. The number of carbonyl (C=O) groups is 1. The fourth-order valence-corrected chi connectivity index (χ4v) is 2.41. The van der Waals surface area contributed by atoms with Gasteiger partial charge in [-0.25, -0.2) is 0 Å². The van der Waals surface area contributed by atoms with Crippen LogP contribution < -0.4 is 0 Å². The van der Waals surface area contributed by atoms with Gasteiger partial charge in [-0.15, -0.1) is 0 Å². The van der Waals surface area contributed by atoms with Gasteiger partial charge in [0.2, 0.25) is 5.91 Å². The number of rotatable bonds is 3. The van der Waals surface area contributed by atoms with Crippen molar-refractivity contribution in [1.29, 1.82) is 5.26 Å². The monoisotopic (exact) mass is 258 g/mol. The second kappa shape index (κ2) is 6.35. The summed E-state index contributed by atoms with van der Waals surface area (Å²) in [6.45, 7) is 0.995. The van der Waals surface area contributed by atoms with E-state index in [4.69, 9.17) is 0 Å². The summed E-state index contributed by atoms with van der Waals surface area (Å²) in [5, 5.41) is 18.8. The molecule has 0 aliphatic carbocycles. The third-order valence-corrected chi connectivity index (χ3v) is 3.44. The van der Waals surface area contributed by atoms with Crippen molar-refractivity contribution in [3.63, 3.8) is 0 Å². The first kappa shape index (κ1) is 13.6. The quantitative estimate of drug-likeness (QED) is 0.890. The number of nitrogens with zero attached hydrogens (tertiary/aromatic N) is 2. The zero-order chi connectivity index (χ0) is 13.7. The van der Waals surface area contributed by atoms with Crippen LogP contribution in [0.15, 0.2) is 30.3 Å². The number of benzene rings is 1. The minimum absolute atomic E-state index is 0.162. The number of carbonyl (C=O) groups excluding carboxylic acids is 1. The van der Waals surface area contributed by atoms with Crippen molar-refractivity contribution in [3.8, 4) is 6.07 Å². The molecule has 1 aliphatic rings. The van der Waals surface area contributed by atoms with Crippen molar-refractivity contribution in [2.45, 2.75) is 25.4 Å². The minimum Gasteiger partial charge on any atom is -0.391 e. The van der Waals surface area contributed by atoms with E-state index in [0.29, 0.717) is 19.5 Å². The summed E-state index contributed by atoms with van der Waals surface area (Å²) in [5.41, 5.74) is 0.986. The van der Waals surface area contributed by atoms with Crippen molar-refractivity contribution in [2.75, 3.05) is 13.1 Å². The number of β-amino-alcohol motifs (C(OH)–C–C–N with tert-alkyl or cyclic N) is 1. The summed E-state index contributed by atoms with van der Waals surface area (Å²) < 4.78 is 0. The number of hydrogen-bond acceptors (Lipinski definition) is 3. The van der Waals surface area contributed by atoms with Crippen LogP contribution in [0.25, 0.3) is 0 Å². The van der Waals surface area contributed by atoms with Crippen LogP contribution in [0.1, 0.15) is 18.4 Å². The zero-order valence-electron chi connectivity index (χ0n) is 10.8. The minimum atomic E-state index is -0.660. The van der Waals surface area contributed by atoms with Crippen molar-refractivity contribution in [3.05, 3.63) is 35.9 Å². The number of likely N-dealkylation sites (tertiary alicyclic amines) is 1. The molecule has 0 aromatic heterocycles. The molecule has 100 valence electrons. The summed E-state index contributed by atoms with van der Waals surface area (Å²) in [6.07, 6.45) is 1.52. The zero-order valence-corrected chi connectivity index (χ0v) is 10.8. The molecule has 2 atom stereocenters. The molecule has 1 fully saturated rings. The number of aliphatic hydroxyl groups excluding tert-OH is 1. The second-order valence-corrected chi connectivity index (χ2v) is 4.95. The molecule has 1 amide bonds. The molecule has 2 rings (SSSR count). The van der Waals surface area contributed by atoms with Gasteiger partial charge in [-0.3, -0.25) is 4.79 Å². The van der Waals surface area contributed by atoms with Gasteiger partial charge >= 0.3 is 0 Å². The lowest BCUT2D eigenvalue weighted by Crippen LogP contribution is -2.45. The molecule has 4 nitrogen and oxygen atoms in total. The summed E-state index contributed by atoms with van der Waals surface area (Å²) in [6, 6.07) is 11.6. The van der Waals surface area contributed by atoms with E-state index in [1.807, 2.05) is 30.3 Å². The van der Waals surface area contributed by atoms with E-state index >= 15 is 0 Å². The highest BCUT2D eigenvalue weighted by Gasteiger charge is 2.28. The molecule has 1 heterocycles. The highest BCUT2D eigenvalue weighted by Crippen LogP contribution is 2.16. The van der Waals surface area contributed by atoms with Crippen LogP contribution in [-0.2, 0) is 11.2 Å². The van der Waals surface area contributed by atoms with Gasteiger partial charge in [-0.05, 0) is 24.8 Å². The molecule has 0 spiro atoms. The predicted octanol–water partition coefficient (Wildman–Crippen LogP) is 1.35. The molecule has 1 aromatic rings. The summed E-state index contributed by atoms with van der Waals surface area (Å²) >= 11 is 0. The molecule has 1 aromatic carbocycles. The van der Waals surface area contributed by atoms with Gasteiger partial charge in [0.25, 0.3) is 0 Å². The van der Waals surface area contributed by atoms with Crippen LogP contribution in [-0.4, -0.2) is 35.1 Å². The molecule has 1 aliphatic heterocycles. The molecular formula is C15H18N2O2. The van der Waals surface area contributed by atoms with Gasteiger partial charge in [-0.2, -0.15) is 5.26 Å². The first-order chi connectivity index (χ1) is 9.20. The third kappa shape index (κ3) is 3.55. The van der Waals surface area contributed by atoms with Gasteiger partial charge < -0.3 is 10.0 Å². The van der Waals surface area contributed by atoms with Gasteiger partial charge in [0.15, 0.2) is 0 Å². The molecule has 4 heteroatoms. The van der Waals surface area contributed by atoms with Gasteiger partial charge in [0.05, 0.1) is 12.2 Å². The number of hydrogen-bond donors (Lipinski definition) is 1. The summed E-state index contributed by atoms with van der Waals surface area (Å²) in [7, 11) is 0. The largest absolute Gasteiger partial charge is 0.391 e. The van der Waals surface area contributed by atoms with Crippen molar-refractivity contribution in [1.82, 2.24) is 4.90 Å². The van der Waals surface area contributed by atoms with Crippen LogP contribution in [0, 0.1) is 17.2 Å². The Balaban J connectivity index is 2.01. The normalized spacial score (nSPS) is 20.6. The Labute approximate surface area is 113 Å². The van der Waals surface area contributed by atoms with Gasteiger partial charge in [0.1, 0.15) is 5.92 Å². The smallest absolute Gasteiger partial charge is 0.240 e. The maximum Gasteiger partial charge on any atom is 0.240 e. The van der Waals surface area contributed by atoms with Crippen LogP contribution in [0.2, 0.25) is 0 Å². The lowest BCUT2D eigenvalue weighted by atomic mass is 9.98. The fourth-order valence-electron chi connectivity index (χ4n) is 2.41. The molecular weight excluding hydrogens is 240 g/mol. The van der Waals surface area contributed by atoms with E-state index in [2.05, 4.69) is 6.07 Å². The number of amides is 1. The Morgan fingerprint density at radius 2 is 2.21 bits per heavy atom. The Bertz CT molecular complexity index is 467. The Hall–Kier alpha value is -1.86. The third-order valence-electron chi connectivity index (χ3n) is 3.44. The number of piperidine rings is 1. The average molecular weight is 258 g/mol. The predicted molar refractivity (Wildman–Crippen MR) is 71.1 cm³/mol. The second-order valence-electron chi connectivity index (χ2n) is 4.95. The van der Waals surface area contributed by atoms with Crippen molar-refractivity contribution < 1.29 is 9.90 Å². The highest BCUT2D eigenvalue weighted by atomic mass is 16.3. The molecule has 0 saturated carbocycles. The molecule has 0 bridgehead atoms. The van der Waals surface area contributed by atoms with E-state index in [1.165, 1.54) is 0 Å². The maximum atomic E-state index is 12.3. The maximum absolute atomic E-state index is 12.3. The summed E-state index contributed by atoms with van der Waals surface area (Å²) in [4.78, 5) is 13.9. The van der Waals surface area contributed by atoms with E-state index in [0.717, 1.165) is 18.4 Å². The fraction of sp³-hybridized carbons (Fsp3) is 0.467. The average Bonchev–Trinajstić information content (AvgIpc) is 2.45. The van der Waals surface area contributed by atoms with Crippen LogP contribution in [0.3, 0.4) is 0 Å². The topological polar surface area (TPSA) is 64.3 Å². The van der Waals surface area contributed by atoms with Crippen molar-refractivity contribution in [2.24, 2.45) is 5.92 Å². The highest BCUT2D eigenvalue weighted by molar-refractivity contribution is 5.81. The Morgan fingerprint density at radius 3 is 2.84 bits per heavy atom. The first-order valence-electron chi connectivity index (χ1n) is 6.61. The van der Waals surface area contributed by atoms with E-state index < -0.39 is 12.0 Å². The molecule has 19 heavy (non-hydrogen) atoms. The lowest BCUT2D eigenvalue weighted by Gasteiger charge is -2.31. The van der Waals surface area contributed by atoms with Gasteiger partial charge in [-0.1, -0.05) is 30.3 Å². The first-order valence-corrected chi connectivity index (χ1v) is 6.61. The summed E-state index contributed by atoms with van der Waals surface area (Å²) in [5.74, 6) is -0.821. The molecule has 0 radical (unpaired) electrons. The standard InChI is InChI=1S/C15H18N2O2/c16-10-13(9-12-5-2-1-3-6-12)15(19)17-8-4-7-14(18)11-17/h1-3,5-6,13-14,18H,4,7-9,11H2. The number of aliphatic hydroxyl groups is 1. The van der Waals surface area contributed by atoms with Crippen LogP contribution in [0.4, 0.5) is 0 Å². The van der Waals surface area contributed by atoms with E-state index in [9.17, 15) is 15.2 Å². The Morgan fingerprint density at radius 1 is 1.47 bits per heavy atom. The van der Waals surface area contributed by atoms with E-state index in [1.54, 1.807) is 4.90 Å². The molecule has 1 N–H and O–H groups in total. The van der Waals surface area contributed by atoms with E-state index in [-0.39, 0.29) is 5.91 Å². The number of nitriles is 1. The molecule has 1 saturated heterocycles. The van der Waals surface area contributed by atoms with Crippen LogP contribution >= 0.6 is 0 Å². The van der Waals surface area contributed by atoms with Crippen LogP contribution in [0.5, 0.6) is 0 Å². The SMILES string of the molecule is N#CC(Cc1ccccc1)C(=O)N1CCCC(O)C1. The lowest BCUT2D eigenvalue weighted by molar-refractivity contribution is -0.136.